The van der Waals surface area contributed by atoms with Gasteiger partial charge < -0.3 is 5.11 Å². The monoisotopic (exact) mass is 345 g/mol. The summed E-state index contributed by atoms with van der Waals surface area (Å²) in [5, 5.41) is 10.5. The van der Waals surface area contributed by atoms with Crippen LogP contribution in [0, 0.1) is 0 Å². The first-order chi connectivity index (χ1) is 11.3. The van der Waals surface area contributed by atoms with E-state index in [1.807, 2.05) is 6.07 Å². The van der Waals surface area contributed by atoms with E-state index in [-0.39, 0.29) is 4.90 Å². The van der Waals surface area contributed by atoms with Gasteiger partial charge in [0.05, 0.1) is 11.0 Å². The molecule has 0 spiro atoms. The van der Waals surface area contributed by atoms with Gasteiger partial charge in [0.15, 0.2) is 9.84 Å². The largest absolute Gasteiger partial charge is 0.387 e. The van der Waals surface area contributed by atoms with Crippen molar-refractivity contribution in [2.75, 3.05) is 12.8 Å². The summed E-state index contributed by atoms with van der Waals surface area (Å²) in [4.78, 5) is 2.55. The molecule has 0 aliphatic carbocycles. The molecule has 0 bridgehead atoms. The van der Waals surface area contributed by atoms with Gasteiger partial charge in [-0.2, -0.15) is 0 Å². The summed E-state index contributed by atoms with van der Waals surface area (Å²) in [5.41, 5.74) is 3.44. The molecule has 2 aromatic rings. The molecule has 5 heteroatoms. The first kappa shape index (κ1) is 17.1. The van der Waals surface area contributed by atoms with Gasteiger partial charge in [-0.25, -0.2) is 8.42 Å². The number of aliphatic hydroxyl groups is 1. The van der Waals surface area contributed by atoms with Crippen LogP contribution in [0.2, 0.25) is 0 Å². The minimum Gasteiger partial charge on any atom is -0.387 e. The lowest BCUT2D eigenvalue weighted by molar-refractivity contribution is 0.0805. The highest BCUT2D eigenvalue weighted by atomic mass is 32.2. The normalized spacial score (nSPS) is 19.7. The smallest absolute Gasteiger partial charge is 0.175 e. The van der Waals surface area contributed by atoms with Gasteiger partial charge in [0.1, 0.15) is 0 Å². The van der Waals surface area contributed by atoms with Crippen LogP contribution in [0.3, 0.4) is 0 Å². The zero-order valence-corrected chi connectivity index (χ0v) is 14.8. The van der Waals surface area contributed by atoms with Crippen molar-refractivity contribution in [3.63, 3.8) is 0 Å². The van der Waals surface area contributed by atoms with Crippen molar-refractivity contribution in [2.45, 2.75) is 36.9 Å². The van der Waals surface area contributed by atoms with Gasteiger partial charge in [-0.3, -0.25) is 4.90 Å². The molecule has 2 unspecified atom stereocenters. The Morgan fingerprint density at radius 1 is 1.12 bits per heavy atom. The quantitative estimate of drug-likeness (QED) is 0.925. The summed E-state index contributed by atoms with van der Waals surface area (Å²) in [6, 6.07) is 15.3. The standard InChI is InChI=1S/C19H23NO3S/c1-14-11-16-5-3-4-6-17(16)12-20(14)13-19(21)15-7-9-18(10-8-15)24(2,22)23/h3-10,14,19,21H,11-13H2,1-2H3. The molecular weight excluding hydrogens is 322 g/mol. The third kappa shape index (κ3) is 3.69. The second-order valence-electron chi connectivity index (χ2n) is 6.61. The summed E-state index contributed by atoms with van der Waals surface area (Å²) in [5.74, 6) is 0. The molecule has 0 aromatic heterocycles. The maximum atomic E-state index is 11.5. The summed E-state index contributed by atoms with van der Waals surface area (Å²) in [7, 11) is -3.21. The van der Waals surface area contributed by atoms with Gasteiger partial charge in [-0.1, -0.05) is 36.4 Å². The van der Waals surface area contributed by atoms with Gasteiger partial charge in [0.2, 0.25) is 0 Å². The topological polar surface area (TPSA) is 57.6 Å². The second-order valence-corrected chi connectivity index (χ2v) is 8.62. The highest BCUT2D eigenvalue weighted by molar-refractivity contribution is 7.90. The van der Waals surface area contributed by atoms with E-state index < -0.39 is 15.9 Å². The van der Waals surface area contributed by atoms with E-state index in [0.717, 1.165) is 18.5 Å². The molecule has 0 saturated carbocycles. The SMILES string of the molecule is CC1Cc2ccccc2CN1CC(O)c1ccc(S(C)(=O)=O)cc1. The number of β-amino-alcohol motifs (C(OH)–C–C–N with tert-alkyl or cyclic N) is 1. The highest BCUT2D eigenvalue weighted by Crippen LogP contribution is 2.26. The van der Waals surface area contributed by atoms with E-state index in [4.69, 9.17) is 0 Å². The molecule has 24 heavy (non-hydrogen) atoms. The number of aliphatic hydroxyl groups excluding tert-OH is 1. The second kappa shape index (κ2) is 6.67. The average molecular weight is 345 g/mol. The Morgan fingerprint density at radius 3 is 2.38 bits per heavy atom. The molecule has 0 fully saturated rings. The molecule has 1 heterocycles. The van der Waals surface area contributed by atoms with Gasteiger partial charge in [0, 0.05) is 25.4 Å². The van der Waals surface area contributed by atoms with E-state index in [2.05, 4.69) is 30.0 Å². The van der Waals surface area contributed by atoms with Crippen LogP contribution < -0.4 is 0 Å². The lowest BCUT2D eigenvalue weighted by Gasteiger charge is -2.36. The van der Waals surface area contributed by atoms with E-state index in [9.17, 15) is 13.5 Å². The van der Waals surface area contributed by atoms with Gasteiger partial charge >= 0.3 is 0 Å². The van der Waals surface area contributed by atoms with Crippen molar-refractivity contribution in [1.82, 2.24) is 4.90 Å². The minimum atomic E-state index is -3.21. The Hall–Kier alpha value is -1.69. The number of hydrogen-bond donors (Lipinski definition) is 1. The fourth-order valence-corrected chi connectivity index (χ4v) is 3.87. The fourth-order valence-electron chi connectivity index (χ4n) is 3.24. The van der Waals surface area contributed by atoms with Crippen LogP contribution >= 0.6 is 0 Å². The van der Waals surface area contributed by atoms with Crippen LogP contribution in [0.15, 0.2) is 53.4 Å². The van der Waals surface area contributed by atoms with Crippen LogP contribution in [0.25, 0.3) is 0 Å². The Kier molecular flexibility index (Phi) is 4.76. The highest BCUT2D eigenvalue weighted by Gasteiger charge is 2.24. The zero-order chi connectivity index (χ0) is 17.3. The first-order valence-corrected chi connectivity index (χ1v) is 10.0. The number of fused-ring (bicyclic) bond motifs is 1. The Bertz CT molecular complexity index is 815. The number of nitrogens with zero attached hydrogens (tertiary/aromatic N) is 1. The minimum absolute atomic E-state index is 0.277. The molecule has 0 radical (unpaired) electrons. The van der Waals surface area contributed by atoms with Crippen molar-refractivity contribution in [3.8, 4) is 0 Å². The molecule has 1 N–H and O–H groups in total. The van der Waals surface area contributed by atoms with E-state index in [0.29, 0.717) is 12.6 Å². The van der Waals surface area contributed by atoms with Crippen LogP contribution in [0.1, 0.15) is 29.7 Å². The van der Waals surface area contributed by atoms with Crippen molar-refractivity contribution >= 4 is 9.84 Å². The summed E-state index contributed by atoms with van der Waals surface area (Å²) < 4.78 is 23.0. The van der Waals surface area contributed by atoms with E-state index in [1.54, 1.807) is 24.3 Å². The summed E-state index contributed by atoms with van der Waals surface area (Å²) in [6.07, 6.45) is 1.53. The number of rotatable bonds is 4. The van der Waals surface area contributed by atoms with Crippen molar-refractivity contribution < 1.29 is 13.5 Å². The van der Waals surface area contributed by atoms with E-state index in [1.165, 1.54) is 17.4 Å². The third-order valence-corrected chi connectivity index (χ3v) is 5.86. The van der Waals surface area contributed by atoms with Gasteiger partial charge in [-0.15, -0.1) is 0 Å². The van der Waals surface area contributed by atoms with Crippen molar-refractivity contribution in [2.24, 2.45) is 0 Å². The number of benzene rings is 2. The molecule has 0 amide bonds. The molecule has 3 rings (SSSR count). The Balaban J connectivity index is 1.72. The molecular formula is C19H23NO3S. The van der Waals surface area contributed by atoms with Crippen molar-refractivity contribution in [1.29, 1.82) is 0 Å². The Labute approximate surface area is 143 Å². The predicted octanol–water partition coefficient (Wildman–Crippen LogP) is 2.57. The maximum absolute atomic E-state index is 11.5. The molecule has 0 saturated heterocycles. The summed E-state index contributed by atoms with van der Waals surface area (Å²) in [6.45, 7) is 3.54. The zero-order valence-electron chi connectivity index (χ0n) is 14.0. The van der Waals surface area contributed by atoms with Gasteiger partial charge in [0.25, 0.3) is 0 Å². The Morgan fingerprint density at radius 2 is 1.75 bits per heavy atom. The lowest BCUT2D eigenvalue weighted by atomic mass is 9.94. The fraction of sp³-hybridized carbons (Fsp3) is 0.368. The number of hydrogen-bond acceptors (Lipinski definition) is 4. The van der Waals surface area contributed by atoms with Crippen LogP contribution in [-0.4, -0.2) is 37.3 Å². The summed E-state index contributed by atoms with van der Waals surface area (Å²) >= 11 is 0. The first-order valence-electron chi connectivity index (χ1n) is 8.13. The lowest BCUT2D eigenvalue weighted by Crippen LogP contribution is -2.40. The molecule has 4 nitrogen and oxygen atoms in total. The van der Waals surface area contributed by atoms with Crippen LogP contribution in [0.4, 0.5) is 0 Å². The van der Waals surface area contributed by atoms with Crippen LogP contribution in [0.5, 0.6) is 0 Å². The van der Waals surface area contributed by atoms with E-state index >= 15 is 0 Å². The van der Waals surface area contributed by atoms with Crippen molar-refractivity contribution in [3.05, 3.63) is 65.2 Å². The third-order valence-electron chi connectivity index (χ3n) is 4.73. The molecule has 2 atom stereocenters. The van der Waals surface area contributed by atoms with Crippen LogP contribution in [-0.2, 0) is 22.8 Å². The average Bonchev–Trinajstić information content (AvgIpc) is 2.55. The predicted molar refractivity (Wildman–Crippen MR) is 94.5 cm³/mol. The number of sulfone groups is 1. The molecule has 1 aliphatic rings. The molecule has 128 valence electrons. The molecule has 2 aromatic carbocycles. The van der Waals surface area contributed by atoms with Gasteiger partial charge in [-0.05, 0) is 42.2 Å². The maximum Gasteiger partial charge on any atom is 0.175 e. The molecule has 1 aliphatic heterocycles.